The molecule has 0 aromatic carbocycles. The highest BCUT2D eigenvalue weighted by Gasteiger charge is 2.35. The Bertz CT molecular complexity index is 218. The van der Waals surface area contributed by atoms with Crippen LogP contribution in [0.4, 0.5) is 0 Å². The van der Waals surface area contributed by atoms with Crippen molar-refractivity contribution in [2.45, 2.75) is 59.8 Å². The van der Waals surface area contributed by atoms with Gasteiger partial charge in [-0.2, -0.15) is 0 Å². The van der Waals surface area contributed by atoms with Gasteiger partial charge in [-0.05, 0) is 26.2 Å². The summed E-state index contributed by atoms with van der Waals surface area (Å²) in [5, 5.41) is 0. The zero-order valence-corrected chi connectivity index (χ0v) is 11.9. The summed E-state index contributed by atoms with van der Waals surface area (Å²) in [7, 11) is 0. The lowest BCUT2D eigenvalue weighted by atomic mass is 9.78. The molecule has 0 aliphatic heterocycles. The van der Waals surface area contributed by atoms with E-state index in [0.717, 1.165) is 12.8 Å². The Morgan fingerprint density at radius 3 is 2.41 bits per heavy atom. The van der Waals surface area contributed by atoms with Crippen LogP contribution >= 0.6 is 0 Å². The average molecular weight is 243 g/mol. The van der Waals surface area contributed by atoms with Crippen LogP contribution in [0, 0.1) is 11.3 Å². The summed E-state index contributed by atoms with van der Waals surface area (Å²) in [4.78, 5) is 11.9. The van der Waals surface area contributed by atoms with Crippen LogP contribution in [0.2, 0.25) is 0 Å². The van der Waals surface area contributed by atoms with E-state index in [4.69, 9.17) is 10.5 Å². The second-order valence-electron chi connectivity index (χ2n) is 5.11. The number of unbranched alkanes of at least 4 members (excludes halogenated alkanes) is 1. The van der Waals surface area contributed by atoms with Crippen molar-refractivity contribution in [3.05, 3.63) is 0 Å². The first-order valence-electron chi connectivity index (χ1n) is 6.91. The fourth-order valence-electron chi connectivity index (χ4n) is 2.14. The van der Waals surface area contributed by atoms with Gasteiger partial charge in [0.15, 0.2) is 0 Å². The number of carbonyl (C=O) groups is 1. The molecule has 0 heterocycles. The van der Waals surface area contributed by atoms with E-state index < -0.39 is 5.41 Å². The Balaban J connectivity index is 4.46. The van der Waals surface area contributed by atoms with Crippen molar-refractivity contribution in [3.8, 4) is 0 Å². The Morgan fingerprint density at radius 2 is 2.00 bits per heavy atom. The third-order valence-electron chi connectivity index (χ3n) is 3.50. The number of hydrogen-bond donors (Lipinski definition) is 1. The molecule has 0 saturated carbocycles. The molecule has 0 spiro atoms. The van der Waals surface area contributed by atoms with Crippen molar-refractivity contribution in [3.63, 3.8) is 0 Å². The summed E-state index contributed by atoms with van der Waals surface area (Å²) in [6.07, 6.45) is 5.56. The molecular weight excluding hydrogens is 214 g/mol. The number of carbonyl (C=O) groups excluding carboxylic acids is 1. The van der Waals surface area contributed by atoms with E-state index in [-0.39, 0.29) is 5.97 Å². The molecule has 0 fully saturated rings. The number of hydrogen-bond acceptors (Lipinski definition) is 3. The first-order valence-corrected chi connectivity index (χ1v) is 6.91. The minimum absolute atomic E-state index is 0.141. The fraction of sp³-hybridized carbons (Fsp3) is 0.929. The quantitative estimate of drug-likeness (QED) is 0.633. The highest BCUT2D eigenvalue weighted by atomic mass is 16.5. The molecular formula is C14H29NO2. The van der Waals surface area contributed by atoms with Crippen molar-refractivity contribution in [2.24, 2.45) is 17.1 Å². The second kappa shape index (κ2) is 8.51. The first kappa shape index (κ1) is 16.4. The zero-order chi connectivity index (χ0) is 13.3. The van der Waals surface area contributed by atoms with Gasteiger partial charge in [0.1, 0.15) is 0 Å². The Kier molecular flexibility index (Phi) is 8.23. The van der Waals surface area contributed by atoms with Gasteiger partial charge < -0.3 is 10.5 Å². The van der Waals surface area contributed by atoms with E-state index >= 15 is 0 Å². The van der Waals surface area contributed by atoms with Gasteiger partial charge in [-0.3, -0.25) is 4.79 Å². The highest BCUT2D eigenvalue weighted by molar-refractivity contribution is 5.76. The van der Waals surface area contributed by atoms with E-state index in [1.807, 2.05) is 13.8 Å². The molecule has 0 aromatic heterocycles. The van der Waals surface area contributed by atoms with E-state index in [1.165, 1.54) is 19.3 Å². The van der Waals surface area contributed by atoms with Crippen LogP contribution in [0.3, 0.4) is 0 Å². The molecule has 2 unspecified atom stereocenters. The van der Waals surface area contributed by atoms with Crippen molar-refractivity contribution < 1.29 is 9.53 Å². The Morgan fingerprint density at radius 1 is 1.35 bits per heavy atom. The second-order valence-corrected chi connectivity index (χ2v) is 5.11. The molecule has 102 valence electrons. The summed E-state index contributed by atoms with van der Waals surface area (Å²) < 4.78 is 5.13. The lowest BCUT2D eigenvalue weighted by molar-refractivity contribution is -0.155. The van der Waals surface area contributed by atoms with Crippen molar-refractivity contribution in [1.82, 2.24) is 0 Å². The third kappa shape index (κ3) is 5.53. The number of esters is 1. The van der Waals surface area contributed by atoms with Crippen molar-refractivity contribution >= 4 is 5.97 Å². The van der Waals surface area contributed by atoms with Gasteiger partial charge in [0.2, 0.25) is 0 Å². The van der Waals surface area contributed by atoms with Gasteiger partial charge in [0.05, 0.1) is 12.0 Å². The number of nitrogens with two attached hydrogens (primary N) is 1. The lowest BCUT2D eigenvalue weighted by Gasteiger charge is -2.29. The minimum atomic E-state index is -0.509. The Hall–Kier alpha value is -0.570. The van der Waals surface area contributed by atoms with Crippen LogP contribution in [-0.2, 0) is 9.53 Å². The summed E-state index contributed by atoms with van der Waals surface area (Å²) >= 11 is 0. The third-order valence-corrected chi connectivity index (χ3v) is 3.50. The molecule has 3 heteroatoms. The molecule has 0 aliphatic rings. The Labute approximate surface area is 106 Å². The molecule has 0 aliphatic carbocycles. The summed E-state index contributed by atoms with van der Waals surface area (Å²) in [5.41, 5.74) is 5.26. The maximum Gasteiger partial charge on any atom is 0.313 e. The molecule has 2 atom stereocenters. The van der Waals surface area contributed by atoms with Crippen LogP contribution in [0.15, 0.2) is 0 Å². The molecule has 0 radical (unpaired) electrons. The molecule has 0 aromatic rings. The largest absolute Gasteiger partial charge is 0.466 e. The van der Waals surface area contributed by atoms with E-state index in [2.05, 4.69) is 13.8 Å². The SMILES string of the molecule is CCCCC(CC)CC(C)(CN)C(=O)OCC. The lowest BCUT2D eigenvalue weighted by Crippen LogP contribution is -2.39. The molecule has 2 N–H and O–H groups in total. The molecule has 0 amide bonds. The zero-order valence-electron chi connectivity index (χ0n) is 11.9. The average Bonchev–Trinajstić information content (AvgIpc) is 2.34. The maximum atomic E-state index is 11.9. The van der Waals surface area contributed by atoms with Crippen molar-refractivity contribution in [1.29, 1.82) is 0 Å². The van der Waals surface area contributed by atoms with E-state index in [0.29, 0.717) is 19.1 Å². The molecule has 0 rings (SSSR count). The fourth-order valence-corrected chi connectivity index (χ4v) is 2.14. The minimum Gasteiger partial charge on any atom is -0.466 e. The number of ether oxygens (including phenoxy) is 1. The van der Waals surface area contributed by atoms with E-state index in [9.17, 15) is 4.79 Å². The summed E-state index contributed by atoms with van der Waals surface area (Å²) in [5.74, 6) is 0.436. The first-order chi connectivity index (χ1) is 8.03. The molecule has 17 heavy (non-hydrogen) atoms. The maximum absolute atomic E-state index is 11.9. The van der Waals surface area contributed by atoms with Crippen LogP contribution in [-0.4, -0.2) is 19.1 Å². The van der Waals surface area contributed by atoms with Crippen LogP contribution in [0.5, 0.6) is 0 Å². The van der Waals surface area contributed by atoms with Crippen LogP contribution in [0.1, 0.15) is 59.8 Å². The van der Waals surface area contributed by atoms with Gasteiger partial charge in [-0.25, -0.2) is 0 Å². The monoisotopic (exact) mass is 243 g/mol. The standard InChI is InChI=1S/C14H29NO2/c1-5-8-9-12(6-2)10-14(4,11-15)13(16)17-7-3/h12H,5-11,15H2,1-4H3. The van der Waals surface area contributed by atoms with Gasteiger partial charge >= 0.3 is 5.97 Å². The van der Waals surface area contributed by atoms with Gasteiger partial charge in [-0.15, -0.1) is 0 Å². The van der Waals surface area contributed by atoms with Crippen molar-refractivity contribution in [2.75, 3.05) is 13.2 Å². The van der Waals surface area contributed by atoms with Crippen LogP contribution < -0.4 is 5.73 Å². The smallest absolute Gasteiger partial charge is 0.313 e. The highest BCUT2D eigenvalue weighted by Crippen LogP contribution is 2.31. The number of rotatable bonds is 9. The topological polar surface area (TPSA) is 52.3 Å². The molecule has 0 saturated heterocycles. The van der Waals surface area contributed by atoms with Crippen LogP contribution in [0.25, 0.3) is 0 Å². The summed E-state index contributed by atoms with van der Waals surface area (Å²) in [6.45, 7) is 8.94. The molecule has 3 nitrogen and oxygen atoms in total. The molecule has 0 bridgehead atoms. The van der Waals surface area contributed by atoms with Gasteiger partial charge in [0.25, 0.3) is 0 Å². The van der Waals surface area contributed by atoms with Gasteiger partial charge in [0, 0.05) is 6.54 Å². The van der Waals surface area contributed by atoms with Gasteiger partial charge in [-0.1, -0.05) is 39.5 Å². The normalized spacial score (nSPS) is 16.3. The van der Waals surface area contributed by atoms with E-state index in [1.54, 1.807) is 0 Å². The summed E-state index contributed by atoms with van der Waals surface area (Å²) in [6, 6.07) is 0. The predicted octanol–water partition coefficient (Wildman–Crippen LogP) is 3.12. The predicted molar refractivity (Wildman–Crippen MR) is 71.7 cm³/mol.